The van der Waals surface area contributed by atoms with Gasteiger partial charge in [-0.3, -0.25) is 10.1 Å². The maximum absolute atomic E-state index is 11.1. The Hall–Kier alpha value is -4.37. The van der Waals surface area contributed by atoms with Crippen LogP contribution in [0.5, 0.6) is 5.75 Å². The van der Waals surface area contributed by atoms with E-state index in [4.69, 9.17) is 9.15 Å². The zero-order valence-corrected chi connectivity index (χ0v) is 16.0. The number of ether oxygens (including phenoxy) is 1. The number of allylic oxidation sites excluding steroid dienone is 1. The van der Waals surface area contributed by atoms with Crippen LogP contribution in [0.2, 0.25) is 0 Å². The Bertz CT molecular complexity index is 1330. The van der Waals surface area contributed by atoms with Crippen LogP contribution in [-0.4, -0.2) is 12.0 Å². The summed E-state index contributed by atoms with van der Waals surface area (Å²) in [5, 5.41) is 22.9. The summed E-state index contributed by atoms with van der Waals surface area (Å²) in [4.78, 5) is 10.6. The van der Waals surface area contributed by atoms with Crippen LogP contribution in [0.1, 0.15) is 11.3 Å². The number of nitriles is 1. The van der Waals surface area contributed by atoms with Gasteiger partial charge >= 0.3 is 0 Å². The summed E-state index contributed by atoms with van der Waals surface area (Å²) in [5.74, 6) is 1.33. The number of nitrogens with zero attached hydrogens (tertiary/aromatic N) is 2. The number of nitro groups is 1. The molecule has 0 aliphatic rings. The molecule has 0 fully saturated rings. The van der Waals surface area contributed by atoms with Gasteiger partial charge in [0.25, 0.3) is 5.69 Å². The van der Waals surface area contributed by atoms with E-state index in [2.05, 4.69) is 6.07 Å². The Kier molecular flexibility index (Phi) is 5.02. The molecule has 0 saturated heterocycles. The number of nitro benzene ring substituents is 1. The maximum atomic E-state index is 11.1. The highest BCUT2D eigenvalue weighted by Crippen LogP contribution is 2.35. The fourth-order valence-corrected chi connectivity index (χ4v) is 3.26. The van der Waals surface area contributed by atoms with Gasteiger partial charge in [0.2, 0.25) is 0 Å². The number of non-ortho nitro benzene ring substituents is 1. The van der Waals surface area contributed by atoms with Crippen molar-refractivity contribution in [2.45, 2.75) is 0 Å². The minimum Gasteiger partial charge on any atom is -0.496 e. The average molecular weight is 396 g/mol. The molecular weight excluding hydrogens is 380 g/mol. The summed E-state index contributed by atoms with van der Waals surface area (Å²) < 4.78 is 11.2. The maximum Gasteiger partial charge on any atom is 0.270 e. The average Bonchev–Trinajstić information content (AvgIpc) is 3.25. The molecule has 3 aromatic carbocycles. The number of rotatable bonds is 5. The van der Waals surface area contributed by atoms with Crippen LogP contribution in [0.4, 0.5) is 5.69 Å². The molecule has 0 amide bonds. The number of furan rings is 1. The lowest BCUT2D eigenvalue weighted by Gasteiger charge is -2.05. The second-order valence-electron chi connectivity index (χ2n) is 6.58. The molecule has 0 aliphatic heterocycles. The van der Waals surface area contributed by atoms with Gasteiger partial charge in [-0.15, -0.1) is 0 Å². The fourth-order valence-electron chi connectivity index (χ4n) is 3.26. The topological polar surface area (TPSA) is 89.3 Å². The molecule has 0 unspecified atom stereocenters. The van der Waals surface area contributed by atoms with Crippen molar-refractivity contribution in [2.24, 2.45) is 0 Å². The van der Waals surface area contributed by atoms with Crippen LogP contribution in [0, 0.1) is 21.4 Å². The third-order valence-corrected chi connectivity index (χ3v) is 4.75. The van der Waals surface area contributed by atoms with E-state index in [1.807, 2.05) is 42.5 Å². The van der Waals surface area contributed by atoms with Crippen LogP contribution in [0.25, 0.3) is 33.7 Å². The number of benzene rings is 3. The third-order valence-electron chi connectivity index (χ3n) is 4.75. The molecule has 146 valence electrons. The summed E-state index contributed by atoms with van der Waals surface area (Å²) in [6.45, 7) is 0. The van der Waals surface area contributed by atoms with Crippen LogP contribution < -0.4 is 4.74 Å². The minimum absolute atomic E-state index is 0.0619. The molecule has 6 heteroatoms. The monoisotopic (exact) mass is 396 g/mol. The Morgan fingerprint density at radius 1 is 1.07 bits per heavy atom. The number of fused-ring (bicyclic) bond motifs is 1. The largest absolute Gasteiger partial charge is 0.496 e. The van der Waals surface area contributed by atoms with Gasteiger partial charge < -0.3 is 9.15 Å². The predicted molar refractivity (Wildman–Crippen MR) is 115 cm³/mol. The minimum atomic E-state index is -0.472. The van der Waals surface area contributed by atoms with Crippen LogP contribution in [0.3, 0.4) is 0 Å². The molecule has 4 rings (SSSR count). The first-order valence-electron chi connectivity index (χ1n) is 9.12. The quantitative estimate of drug-likeness (QED) is 0.232. The molecule has 0 bridgehead atoms. The van der Waals surface area contributed by atoms with Gasteiger partial charge in [0, 0.05) is 12.1 Å². The van der Waals surface area contributed by atoms with Crippen molar-refractivity contribution in [2.75, 3.05) is 7.11 Å². The van der Waals surface area contributed by atoms with Gasteiger partial charge in [-0.1, -0.05) is 36.4 Å². The van der Waals surface area contributed by atoms with Gasteiger partial charge in [0.05, 0.1) is 29.2 Å². The molecule has 0 N–H and O–H groups in total. The molecule has 0 atom stereocenters. The summed E-state index contributed by atoms with van der Waals surface area (Å²) in [6.07, 6.45) is 1.65. The lowest BCUT2D eigenvalue weighted by molar-refractivity contribution is -0.384. The van der Waals surface area contributed by atoms with Crippen LogP contribution in [0.15, 0.2) is 77.2 Å². The summed E-state index contributed by atoms with van der Waals surface area (Å²) in [6, 6.07) is 23.7. The standard InChI is InChI=1S/C24H16N2O4/c1-29-23-10-8-20(26(27)28)14-22(23)24-11-9-21(30-24)13-19(15-25)18-7-6-16-4-2-3-5-17(16)12-18/h2-14H,1H3. The first-order chi connectivity index (χ1) is 14.6. The molecule has 6 nitrogen and oxygen atoms in total. The SMILES string of the molecule is COc1ccc([N+](=O)[O-])cc1-c1ccc(C=C(C#N)c2ccc3ccccc3c2)o1. The fraction of sp³-hybridized carbons (Fsp3) is 0.0417. The normalized spacial score (nSPS) is 11.3. The van der Waals surface area contributed by atoms with Gasteiger partial charge in [0.15, 0.2) is 0 Å². The van der Waals surface area contributed by atoms with E-state index in [0.29, 0.717) is 28.4 Å². The number of methoxy groups -OCH3 is 1. The molecule has 30 heavy (non-hydrogen) atoms. The van der Waals surface area contributed by atoms with Gasteiger partial charge in [-0.2, -0.15) is 5.26 Å². The smallest absolute Gasteiger partial charge is 0.270 e. The molecule has 1 aromatic heterocycles. The van der Waals surface area contributed by atoms with Crippen molar-refractivity contribution in [1.29, 1.82) is 5.26 Å². The first-order valence-corrected chi connectivity index (χ1v) is 9.12. The summed E-state index contributed by atoms with van der Waals surface area (Å²) in [5.41, 5.74) is 1.64. The Labute approximate surface area is 172 Å². The molecule has 0 spiro atoms. The lowest BCUT2D eigenvalue weighted by Crippen LogP contribution is -1.91. The molecule has 0 radical (unpaired) electrons. The second kappa shape index (κ2) is 7.94. The van der Waals surface area contributed by atoms with Crippen molar-refractivity contribution in [1.82, 2.24) is 0 Å². The van der Waals surface area contributed by atoms with Gasteiger partial charge in [0.1, 0.15) is 17.3 Å². The van der Waals surface area contributed by atoms with E-state index in [-0.39, 0.29) is 5.69 Å². The highest BCUT2D eigenvalue weighted by atomic mass is 16.6. The number of hydrogen-bond donors (Lipinski definition) is 0. The molecular formula is C24H16N2O4. The van der Waals surface area contributed by atoms with Gasteiger partial charge in [-0.05, 0) is 46.7 Å². The van der Waals surface area contributed by atoms with Crippen molar-refractivity contribution < 1.29 is 14.1 Å². The molecule has 0 saturated carbocycles. The first kappa shape index (κ1) is 19.0. The summed E-state index contributed by atoms with van der Waals surface area (Å²) in [7, 11) is 1.49. The molecule has 4 aromatic rings. The van der Waals surface area contributed by atoms with E-state index in [1.54, 1.807) is 18.2 Å². The van der Waals surface area contributed by atoms with E-state index in [0.717, 1.165) is 16.3 Å². The van der Waals surface area contributed by atoms with Crippen molar-refractivity contribution in [3.63, 3.8) is 0 Å². The second-order valence-corrected chi connectivity index (χ2v) is 6.58. The zero-order valence-electron chi connectivity index (χ0n) is 16.0. The lowest BCUT2D eigenvalue weighted by atomic mass is 10.0. The highest BCUT2D eigenvalue weighted by Gasteiger charge is 2.16. The van der Waals surface area contributed by atoms with Crippen molar-refractivity contribution in [3.8, 4) is 23.1 Å². The Morgan fingerprint density at radius 3 is 2.60 bits per heavy atom. The third kappa shape index (κ3) is 3.64. The molecule has 1 heterocycles. The van der Waals surface area contributed by atoms with E-state index >= 15 is 0 Å². The summed E-state index contributed by atoms with van der Waals surface area (Å²) >= 11 is 0. The van der Waals surface area contributed by atoms with Crippen molar-refractivity contribution in [3.05, 3.63) is 94.2 Å². The van der Waals surface area contributed by atoms with E-state index in [9.17, 15) is 15.4 Å². The van der Waals surface area contributed by atoms with E-state index < -0.39 is 4.92 Å². The van der Waals surface area contributed by atoms with Crippen LogP contribution in [-0.2, 0) is 0 Å². The Morgan fingerprint density at radius 2 is 1.87 bits per heavy atom. The number of hydrogen-bond acceptors (Lipinski definition) is 5. The highest BCUT2D eigenvalue weighted by molar-refractivity contribution is 5.93. The van der Waals surface area contributed by atoms with Crippen LogP contribution >= 0.6 is 0 Å². The van der Waals surface area contributed by atoms with E-state index in [1.165, 1.54) is 25.3 Å². The predicted octanol–water partition coefficient (Wildman–Crippen LogP) is 6.08. The zero-order chi connectivity index (χ0) is 21.1. The molecule has 0 aliphatic carbocycles. The van der Waals surface area contributed by atoms with Crippen molar-refractivity contribution >= 4 is 28.1 Å². The Balaban J connectivity index is 1.72. The van der Waals surface area contributed by atoms with Gasteiger partial charge in [-0.25, -0.2) is 0 Å².